The molecule has 8 nitrogen and oxygen atoms in total. The summed E-state index contributed by atoms with van der Waals surface area (Å²) in [7, 11) is 3.27. The Kier molecular flexibility index (Phi) is 5.51. The minimum atomic E-state index is -0.463. The lowest BCUT2D eigenvalue weighted by Gasteiger charge is -2.08. The summed E-state index contributed by atoms with van der Waals surface area (Å²) in [5, 5.41) is 0. The normalized spacial score (nSPS) is 11.8. The molecule has 0 atom stereocenters. The third-order valence-electron chi connectivity index (χ3n) is 3.51. The summed E-state index contributed by atoms with van der Waals surface area (Å²) >= 11 is 0. The fourth-order valence-corrected chi connectivity index (χ4v) is 2.28. The van der Waals surface area contributed by atoms with E-state index in [1.54, 1.807) is 36.9 Å². The van der Waals surface area contributed by atoms with E-state index in [2.05, 4.69) is 4.98 Å². The molecule has 2 heterocycles. The van der Waals surface area contributed by atoms with Gasteiger partial charge in [-0.15, -0.1) is 0 Å². The number of hydrogen-bond donors (Lipinski definition) is 0. The smallest absolute Gasteiger partial charge is 0.332 e. The maximum absolute atomic E-state index is 12.4. The number of rotatable bonds is 6. The molecule has 128 valence electrons. The van der Waals surface area contributed by atoms with Gasteiger partial charge in [0, 0.05) is 26.7 Å². The summed E-state index contributed by atoms with van der Waals surface area (Å²) in [6, 6.07) is 0. The Hall–Kier alpha value is -2.90. The molecule has 0 amide bonds. The van der Waals surface area contributed by atoms with Crippen molar-refractivity contribution in [1.82, 2.24) is 18.7 Å². The molecule has 0 aliphatic carbocycles. The molecule has 0 spiro atoms. The van der Waals surface area contributed by atoms with Crippen molar-refractivity contribution in [2.24, 2.45) is 14.1 Å². The number of ether oxygens (including phenoxy) is 1. The predicted molar refractivity (Wildman–Crippen MR) is 89.7 cm³/mol. The Labute approximate surface area is 138 Å². The van der Waals surface area contributed by atoms with E-state index in [-0.39, 0.29) is 13.2 Å². The van der Waals surface area contributed by atoms with Crippen molar-refractivity contribution >= 4 is 17.1 Å². The number of carbonyl (C=O) groups excluding carboxylic acids is 1. The van der Waals surface area contributed by atoms with Gasteiger partial charge in [0.15, 0.2) is 11.2 Å². The number of allylic oxidation sites excluding steroid dienone is 3. The number of aromatic nitrogens is 4. The van der Waals surface area contributed by atoms with E-state index in [0.29, 0.717) is 17.6 Å². The molecule has 0 aliphatic rings. The summed E-state index contributed by atoms with van der Waals surface area (Å²) in [4.78, 5) is 40.2. The van der Waals surface area contributed by atoms with Crippen molar-refractivity contribution in [1.29, 1.82) is 0 Å². The van der Waals surface area contributed by atoms with Gasteiger partial charge in [-0.05, 0) is 13.3 Å². The molecule has 0 N–H and O–H groups in total. The van der Waals surface area contributed by atoms with Gasteiger partial charge in [0.05, 0.1) is 12.9 Å². The van der Waals surface area contributed by atoms with Crippen LogP contribution in [-0.4, -0.2) is 31.3 Å². The quantitative estimate of drug-likeness (QED) is 0.333. The first-order valence-corrected chi connectivity index (χ1v) is 7.54. The molecule has 2 rings (SSSR count). The number of aryl methyl sites for hydroxylation is 2. The van der Waals surface area contributed by atoms with Crippen molar-refractivity contribution in [3.8, 4) is 0 Å². The standard InChI is InChI=1S/C16H20N4O4/c1-4-5-6-8-12(21)24-10-7-9-20-15(22)13-14(17-11-18(13)2)19(3)16(20)23/h4-6,8,11H,7,9-10H2,1-3H3/b5-4+,8-6+. The molecule has 0 bridgehead atoms. The molecule has 24 heavy (non-hydrogen) atoms. The number of carbonyl (C=O) groups is 1. The lowest BCUT2D eigenvalue weighted by molar-refractivity contribution is -0.137. The molecule has 2 aromatic rings. The van der Waals surface area contributed by atoms with Crippen LogP contribution in [0.1, 0.15) is 13.3 Å². The third-order valence-corrected chi connectivity index (χ3v) is 3.51. The van der Waals surface area contributed by atoms with Crippen LogP contribution in [0.4, 0.5) is 0 Å². The summed E-state index contributed by atoms with van der Waals surface area (Å²) in [6.07, 6.45) is 8.26. The topological polar surface area (TPSA) is 88.1 Å². The minimum Gasteiger partial charge on any atom is -0.462 e. The lowest BCUT2D eigenvalue weighted by atomic mass is 10.4. The molecule has 0 radical (unpaired) electrons. The Bertz CT molecular complexity index is 915. The van der Waals surface area contributed by atoms with Gasteiger partial charge in [0.2, 0.25) is 0 Å². The van der Waals surface area contributed by atoms with Crippen molar-refractivity contribution in [2.75, 3.05) is 6.61 Å². The zero-order chi connectivity index (χ0) is 17.7. The molecule has 0 aromatic carbocycles. The fraction of sp³-hybridized carbons (Fsp3) is 0.375. The second-order valence-corrected chi connectivity index (χ2v) is 5.23. The van der Waals surface area contributed by atoms with E-state index >= 15 is 0 Å². The van der Waals surface area contributed by atoms with Gasteiger partial charge in [0.1, 0.15) is 0 Å². The van der Waals surface area contributed by atoms with Crippen LogP contribution in [0.3, 0.4) is 0 Å². The Morgan fingerprint density at radius 1 is 1.29 bits per heavy atom. The van der Waals surface area contributed by atoms with Gasteiger partial charge in [-0.3, -0.25) is 13.9 Å². The lowest BCUT2D eigenvalue weighted by Crippen LogP contribution is -2.39. The Morgan fingerprint density at radius 3 is 2.75 bits per heavy atom. The zero-order valence-electron chi connectivity index (χ0n) is 13.9. The van der Waals surface area contributed by atoms with Crippen LogP contribution in [0.5, 0.6) is 0 Å². The molecule has 0 fully saturated rings. The van der Waals surface area contributed by atoms with Gasteiger partial charge < -0.3 is 9.30 Å². The number of esters is 1. The highest BCUT2D eigenvalue weighted by molar-refractivity contribution is 5.82. The zero-order valence-corrected chi connectivity index (χ0v) is 13.9. The average Bonchev–Trinajstić information content (AvgIpc) is 2.94. The highest BCUT2D eigenvalue weighted by Crippen LogP contribution is 2.03. The summed E-state index contributed by atoms with van der Waals surface area (Å²) in [6.45, 7) is 2.13. The predicted octanol–water partition coefficient (Wildman–Crippen LogP) is 0.499. The first-order valence-electron chi connectivity index (χ1n) is 7.54. The second-order valence-electron chi connectivity index (χ2n) is 5.23. The van der Waals surface area contributed by atoms with Crippen molar-refractivity contribution in [2.45, 2.75) is 19.9 Å². The average molecular weight is 332 g/mol. The SMILES string of the molecule is C/C=C/C=C/C(=O)OCCCn1c(=O)c2c(ncn2C)n(C)c1=O. The maximum atomic E-state index is 12.4. The van der Waals surface area contributed by atoms with E-state index in [4.69, 9.17) is 4.74 Å². The number of imidazole rings is 1. The number of nitrogens with zero attached hydrogens (tertiary/aromatic N) is 4. The van der Waals surface area contributed by atoms with Crippen LogP contribution >= 0.6 is 0 Å². The summed E-state index contributed by atoms with van der Waals surface area (Å²) in [5.74, 6) is -0.463. The van der Waals surface area contributed by atoms with Crippen LogP contribution < -0.4 is 11.2 Å². The van der Waals surface area contributed by atoms with Crippen LogP contribution in [0.15, 0.2) is 40.2 Å². The van der Waals surface area contributed by atoms with Crippen molar-refractivity contribution in [3.63, 3.8) is 0 Å². The summed E-state index contributed by atoms with van der Waals surface area (Å²) in [5.41, 5.74) is -0.120. The molecule has 8 heteroatoms. The largest absolute Gasteiger partial charge is 0.462 e. The van der Waals surface area contributed by atoms with Gasteiger partial charge in [-0.2, -0.15) is 0 Å². The van der Waals surface area contributed by atoms with Crippen LogP contribution in [0.2, 0.25) is 0 Å². The molecule has 0 saturated carbocycles. The van der Waals surface area contributed by atoms with Crippen LogP contribution in [0, 0.1) is 0 Å². The third kappa shape index (κ3) is 3.53. The van der Waals surface area contributed by atoms with Crippen molar-refractivity contribution in [3.05, 3.63) is 51.5 Å². The van der Waals surface area contributed by atoms with Gasteiger partial charge >= 0.3 is 11.7 Å². The molecule has 0 aliphatic heterocycles. The van der Waals surface area contributed by atoms with E-state index < -0.39 is 17.2 Å². The molecule has 0 saturated heterocycles. The van der Waals surface area contributed by atoms with Crippen LogP contribution in [-0.2, 0) is 30.2 Å². The number of hydrogen-bond acceptors (Lipinski definition) is 5. The highest BCUT2D eigenvalue weighted by Gasteiger charge is 2.14. The monoisotopic (exact) mass is 332 g/mol. The number of fused-ring (bicyclic) bond motifs is 1. The molecule has 0 unspecified atom stereocenters. The van der Waals surface area contributed by atoms with Gasteiger partial charge in [-0.25, -0.2) is 14.6 Å². The maximum Gasteiger partial charge on any atom is 0.332 e. The minimum absolute atomic E-state index is 0.123. The molecular weight excluding hydrogens is 312 g/mol. The van der Waals surface area contributed by atoms with E-state index in [9.17, 15) is 14.4 Å². The first-order chi connectivity index (χ1) is 11.5. The van der Waals surface area contributed by atoms with Gasteiger partial charge in [0.25, 0.3) is 5.56 Å². The first kappa shape index (κ1) is 17.5. The van der Waals surface area contributed by atoms with Crippen molar-refractivity contribution < 1.29 is 9.53 Å². The second kappa shape index (κ2) is 7.58. The van der Waals surface area contributed by atoms with E-state index in [1.165, 1.54) is 17.0 Å². The van der Waals surface area contributed by atoms with Gasteiger partial charge in [-0.1, -0.05) is 18.2 Å². The Morgan fingerprint density at radius 2 is 2.04 bits per heavy atom. The van der Waals surface area contributed by atoms with E-state index in [0.717, 1.165) is 4.57 Å². The molecular formula is C16H20N4O4. The fourth-order valence-electron chi connectivity index (χ4n) is 2.28. The highest BCUT2D eigenvalue weighted by atomic mass is 16.5. The molecule has 2 aromatic heterocycles. The summed E-state index contributed by atoms with van der Waals surface area (Å²) < 4.78 is 9.07. The van der Waals surface area contributed by atoms with Crippen LogP contribution in [0.25, 0.3) is 11.2 Å². The van der Waals surface area contributed by atoms with E-state index in [1.807, 2.05) is 6.92 Å². The Balaban J connectivity index is 2.09.